The fourth-order valence-corrected chi connectivity index (χ4v) is 2.36. The number of primary amides is 1. The van der Waals surface area contributed by atoms with Crippen LogP contribution >= 0.6 is 11.3 Å². The molecule has 2 N–H and O–H groups in total. The van der Waals surface area contributed by atoms with Crippen LogP contribution in [0.3, 0.4) is 0 Å². The molecule has 0 saturated heterocycles. The predicted octanol–water partition coefficient (Wildman–Crippen LogP) is 2.01. The number of ether oxygens (including phenoxy) is 1. The van der Waals surface area contributed by atoms with E-state index in [0.717, 1.165) is 0 Å². The minimum absolute atomic E-state index is 0.115. The highest BCUT2D eigenvalue weighted by atomic mass is 32.1. The Balaban J connectivity index is 2.31. The van der Waals surface area contributed by atoms with Crippen LogP contribution in [0.2, 0.25) is 0 Å². The van der Waals surface area contributed by atoms with E-state index >= 15 is 0 Å². The first-order chi connectivity index (χ1) is 10.0. The summed E-state index contributed by atoms with van der Waals surface area (Å²) in [6, 6.07) is 9.76. The van der Waals surface area contributed by atoms with Gasteiger partial charge in [0.15, 0.2) is 6.10 Å². The SMILES string of the molecule is CC(OC(=O)c1ccccc1C(=O)c1cccs1)C(N)=O. The molecule has 2 rings (SSSR count). The summed E-state index contributed by atoms with van der Waals surface area (Å²) in [6.07, 6.45) is -1.05. The van der Waals surface area contributed by atoms with Gasteiger partial charge in [-0.05, 0) is 24.4 Å². The topological polar surface area (TPSA) is 86.5 Å². The fraction of sp³-hybridized carbons (Fsp3) is 0.133. The van der Waals surface area contributed by atoms with Crippen molar-refractivity contribution in [1.82, 2.24) is 0 Å². The first-order valence-electron chi connectivity index (χ1n) is 6.18. The first kappa shape index (κ1) is 14.9. The molecule has 1 atom stereocenters. The molecular weight excluding hydrogens is 290 g/mol. The lowest BCUT2D eigenvalue weighted by Crippen LogP contribution is -2.30. The largest absolute Gasteiger partial charge is 0.449 e. The molecule has 0 bridgehead atoms. The average Bonchev–Trinajstić information content (AvgIpc) is 3.00. The van der Waals surface area contributed by atoms with E-state index < -0.39 is 18.0 Å². The molecule has 1 aromatic heterocycles. The van der Waals surface area contributed by atoms with Crippen molar-refractivity contribution in [3.63, 3.8) is 0 Å². The van der Waals surface area contributed by atoms with Crippen LogP contribution in [0, 0.1) is 0 Å². The van der Waals surface area contributed by atoms with E-state index in [9.17, 15) is 14.4 Å². The summed E-state index contributed by atoms with van der Waals surface area (Å²) in [5, 5.41) is 1.78. The van der Waals surface area contributed by atoms with Gasteiger partial charge < -0.3 is 10.5 Å². The van der Waals surface area contributed by atoms with Crippen molar-refractivity contribution in [3.8, 4) is 0 Å². The highest BCUT2D eigenvalue weighted by Crippen LogP contribution is 2.19. The van der Waals surface area contributed by atoms with Crippen molar-refractivity contribution in [2.24, 2.45) is 5.73 Å². The van der Waals surface area contributed by atoms with Crippen LogP contribution in [0.25, 0.3) is 0 Å². The van der Waals surface area contributed by atoms with Crippen molar-refractivity contribution in [2.75, 3.05) is 0 Å². The zero-order valence-corrected chi connectivity index (χ0v) is 12.1. The van der Waals surface area contributed by atoms with Crippen molar-refractivity contribution in [1.29, 1.82) is 0 Å². The van der Waals surface area contributed by atoms with E-state index in [1.54, 1.807) is 35.7 Å². The molecular formula is C15H13NO4S. The van der Waals surface area contributed by atoms with Gasteiger partial charge in [0.05, 0.1) is 10.4 Å². The van der Waals surface area contributed by atoms with Gasteiger partial charge in [0, 0.05) is 5.56 Å². The summed E-state index contributed by atoms with van der Waals surface area (Å²) >= 11 is 1.29. The van der Waals surface area contributed by atoms with E-state index in [0.29, 0.717) is 4.88 Å². The maximum Gasteiger partial charge on any atom is 0.339 e. The number of hydrogen-bond donors (Lipinski definition) is 1. The second kappa shape index (κ2) is 6.32. The molecule has 6 heteroatoms. The molecule has 0 spiro atoms. The van der Waals surface area contributed by atoms with Gasteiger partial charge in [0.2, 0.25) is 5.78 Å². The van der Waals surface area contributed by atoms with Crippen LogP contribution in [0.4, 0.5) is 0 Å². The number of carbonyl (C=O) groups excluding carboxylic acids is 3. The molecule has 0 aliphatic heterocycles. The summed E-state index contributed by atoms with van der Waals surface area (Å²) in [6.45, 7) is 1.38. The first-order valence-corrected chi connectivity index (χ1v) is 7.06. The lowest BCUT2D eigenvalue weighted by molar-refractivity contribution is -0.125. The standard InChI is InChI=1S/C15H13NO4S/c1-9(14(16)18)20-15(19)11-6-3-2-5-10(11)13(17)12-7-4-8-21-12/h2-9H,1H3,(H2,16,18). The van der Waals surface area contributed by atoms with Crippen LogP contribution in [-0.4, -0.2) is 23.8 Å². The summed E-state index contributed by atoms with van der Waals surface area (Å²) in [4.78, 5) is 35.9. The van der Waals surface area contributed by atoms with E-state index in [4.69, 9.17) is 10.5 Å². The van der Waals surface area contributed by atoms with E-state index in [1.807, 2.05) is 0 Å². The Morgan fingerprint density at radius 1 is 1.10 bits per heavy atom. The minimum atomic E-state index is -1.05. The van der Waals surface area contributed by atoms with Gasteiger partial charge in [-0.25, -0.2) is 4.79 Å². The van der Waals surface area contributed by atoms with E-state index in [1.165, 1.54) is 24.3 Å². The number of esters is 1. The Hall–Kier alpha value is -2.47. The highest BCUT2D eigenvalue weighted by Gasteiger charge is 2.22. The molecule has 2 aromatic rings. The quantitative estimate of drug-likeness (QED) is 0.676. The molecule has 0 aliphatic rings. The van der Waals surface area contributed by atoms with Crippen LogP contribution in [0.5, 0.6) is 0 Å². The Morgan fingerprint density at radius 2 is 1.76 bits per heavy atom. The van der Waals surface area contributed by atoms with Crippen molar-refractivity contribution in [2.45, 2.75) is 13.0 Å². The van der Waals surface area contributed by atoms with Crippen molar-refractivity contribution < 1.29 is 19.1 Å². The Kier molecular flexibility index (Phi) is 4.49. The third kappa shape index (κ3) is 3.35. The van der Waals surface area contributed by atoms with Gasteiger partial charge in [-0.15, -0.1) is 11.3 Å². The van der Waals surface area contributed by atoms with Gasteiger partial charge in [0.25, 0.3) is 5.91 Å². The van der Waals surface area contributed by atoms with Crippen LogP contribution in [0.1, 0.15) is 32.5 Å². The lowest BCUT2D eigenvalue weighted by atomic mass is 10.0. The summed E-state index contributed by atoms with van der Waals surface area (Å²) < 4.78 is 4.94. The molecule has 0 radical (unpaired) electrons. The second-order valence-corrected chi connectivity index (χ2v) is 5.25. The number of ketones is 1. The van der Waals surface area contributed by atoms with E-state index in [-0.39, 0.29) is 16.9 Å². The normalized spacial score (nSPS) is 11.7. The molecule has 1 unspecified atom stereocenters. The molecule has 21 heavy (non-hydrogen) atoms. The number of thiophene rings is 1. The Bertz CT molecular complexity index is 679. The van der Waals surface area contributed by atoms with Gasteiger partial charge in [0.1, 0.15) is 0 Å². The third-order valence-electron chi connectivity index (χ3n) is 2.82. The number of rotatable bonds is 5. The lowest BCUT2D eigenvalue weighted by Gasteiger charge is -2.11. The second-order valence-electron chi connectivity index (χ2n) is 4.30. The number of nitrogens with two attached hydrogens (primary N) is 1. The van der Waals surface area contributed by atoms with Crippen LogP contribution in [0.15, 0.2) is 41.8 Å². The van der Waals surface area contributed by atoms with Gasteiger partial charge in [-0.2, -0.15) is 0 Å². The average molecular weight is 303 g/mol. The van der Waals surface area contributed by atoms with Gasteiger partial charge >= 0.3 is 5.97 Å². The number of amides is 1. The highest BCUT2D eigenvalue weighted by molar-refractivity contribution is 7.12. The smallest absolute Gasteiger partial charge is 0.339 e. The molecule has 1 heterocycles. The maximum atomic E-state index is 12.4. The zero-order valence-electron chi connectivity index (χ0n) is 11.2. The zero-order chi connectivity index (χ0) is 15.4. The summed E-state index contributed by atoms with van der Waals surface area (Å²) in [7, 11) is 0. The molecule has 1 aromatic carbocycles. The van der Waals surface area contributed by atoms with Crippen molar-refractivity contribution >= 4 is 29.0 Å². The Morgan fingerprint density at radius 3 is 2.33 bits per heavy atom. The summed E-state index contributed by atoms with van der Waals surface area (Å²) in [5.41, 5.74) is 5.41. The molecule has 0 saturated carbocycles. The molecule has 5 nitrogen and oxygen atoms in total. The molecule has 0 aliphatic carbocycles. The molecule has 1 amide bonds. The summed E-state index contributed by atoms with van der Waals surface area (Å²) in [5.74, 6) is -1.75. The molecule has 0 fully saturated rings. The van der Waals surface area contributed by atoms with Crippen LogP contribution < -0.4 is 5.73 Å². The number of carbonyl (C=O) groups is 3. The van der Waals surface area contributed by atoms with Gasteiger partial charge in [-0.1, -0.05) is 24.3 Å². The van der Waals surface area contributed by atoms with Gasteiger partial charge in [-0.3, -0.25) is 9.59 Å². The van der Waals surface area contributed by atoms with Crippen LogP contribution in [-0.2, 0) is 9.53 Å². The molecule has 108 valence electrons. The number of benzene rings is 1. The third-order valence-corrected chi connectivity index (χ3v) is 3.69. The maximum absolute atomic E-state index is 12.4. The Labute approximate surface area is 125 Å². The van der Waals surface area contributed by atoms with E-state index in [2.05, 4.69) is 0 Å². The number of hydrogen-bond acceptors (Lipinski definition) is 5. The minimum Gasteiger partial charge on any atom is -0.449 e. The predicted molar refractivity (Wildman–Crippen MR) is 78.3 cm³/mol. The monoisotopic (exact) mass is 303 g/mol. The fourth-order valence-electron chi connectivity index (χ4n) is 1.68. The van der Waals surface area contributed by atoms with Crippen molar-refractivity contribution in [3.05, 3.63) is 57.8 Å².